The molecule has 0 saturated carbocycles. The Balaban J connectivity index is 1.84. The Kier molecular flexibility index (Phi) is 4.45. The van der Waals surface area contributed by atoms with Gasteiger partial charge in [-0.15, -0.1) is 0 Å². The van der Waals surface area contributed by atoms with Gasteiger partial charge in [-0.25, -0.2) is 4.98 Å². The van der Waals surface area contributed by atoms with Crippen LogP contribution in [0.2, 0.25) is 10.0 Å². The molecule has 130 valence electrons. The lowest BCUT2D eigenvalue weighted by Crippen LogP contribution is -2.04. The maximum atomic E-state index is 6.37. The maximum absolute atomic E-state index is 6.37. The molecule has 0 radical (unpaired) electrons. The van der Waals surface area contributed by atoms with Crippen molar-refractivity contribution in [1.82, 2.24) is 9.55 Å². The summed E-state index contributed by atoms with van der Waals surface area (Å²) in [7, 11) is 0. The minimum Gasteiger partial charge on any atom is -0.324 e. The van der Waals surface area contributed by atoms with E-state index in [9.17, 15) is 0 Å². The lowest BCUT2D eigenvalue weighted by molar-refractivity contribution is 0.819. The zero-order chi connectivity index (χ0) is 18.3. The zero-order valence-corrected chi connectivity index (χ0v) is 15.7. The van der Waals surface area contributed by atoms with Gasteiger partial charge < -0.3 is 5.73 Å². The van der Waals surface area contributed by atoms with E-state index in [4.69, 9.17) is 28.9 Å². The Bertz CT molecular complexity index is 1080. The number of aromatic nitrogens is 2. The van der Waals surface area contributed by atoms with E-state index in [1.807, 2.05) is 61.8 Å². The molecule has 0 aliphatic heterocycles. The fourth-order valence-electron chi connectivity index (χ4n) is 3.10. The van der Waals surface area contributed by atoms with Gasteiger partial charge in [0.15, 0.2) is 0 Å². The van der Waals surface area contributed by atoms with Crippen LogP contribution in [0.1, 0.15) is 18.5 Å². The summed E-state index contributed by atoms with van der Waals surface area (Å²) in [6, 6.07) is 19.7. The molecule has 0 saturated heterocycles. The number of rotatable bonds is 3. The third-order valence-corrected chi connectivity index (χ3v) is 5.10. The van der Waals surface area contributed by atoms with E-state index in [0.717, 1.165) is 33.4 Å². The van der Waals surface area contributed by atoms with Crippen LogP contribution in [-0.2, 0) is 0 Å². The molecule has 0 aliphatic carbocycles. The SMILES string of the molecule is C[C@H](N)c1ccc2c(c1)ncn2-c1cccc(-c2c(Cl)cccc2Cl)c1. The highest BCUT2D eigenvalue weighted by atomic mass is 35.5. The molecule has 0 fully saturated rings. The van der Waals surface area contributed by atoms with Crippen LogP contribution in [0.4, 0.5) is 0 Å². The minimum absolute atomic E-state index is 0.0183. The average Bonchev–Trinajstić information content (AvgIpc) is 3.05. The second-order valence-corrected chi connectivity index (χ2v) is 7.11. The van der Waals surface area contributed by atoms with Crippen molar-refractivity contribution in [3.63, 3.8) is 0 Å². The van der Waals surface area contributed by atoms with Crippen LogP contribution in [0.5, 0.6) is 0 Å². The Hall–Kier alpha value is -2.33. The molecule has 4 rings (SSSR count). The molecule has 3 nitrogen and oxygen atoms in total. The van der Waals surface area contributed by atoms with Gasteiger partial charge in [0.25, 0.3) is 0 Å². The number of imidazole rings is 1. The Labute approximate surface area is 162 Å². The molecular weight excluding hydrogens is 365 g/mol. The van der Waals surface area contributed by atoms with Crippen molar-refractivity contribution in [2.45, 2.75) is 13.0 Å². The van der Waals surface area contributed by atoms with Crippen molar-refractivity contribution >= 4 is 34.2 Å². The maximum Gasteiger partial charge on any atom is 0.100 e. The smallest absolute Gasteiger partial charge is 0.100 e. The lowest BCUT2D eigenvalue weighted by Gasteiger charge is -2.11. The fraction of sp³-hybridized carbons (Fsp3) is 0.0952. The van der Waals surface area contributed by atoms with E-state index >= 15 is 0 Å². The summed E-state index contributed by atoms with van der Waals surface area (Å²) < 4.78 is 2.05. The van der Waals surface area contributed by atoms with Crippen LogP contribution < -0.4 is 5.73 Å². The molecule has 0 amide bonds. The number of benzene rings is 3. The first-order chi connectivity index (χ1) is 12.5. The van der Waals surface area contributed by atoms with Crippen molar-refractivity contribution in [3.05, 3.63) is 82.6 Å². The van der Waals surface area contributed by atoms with Gasteiger partial charge >= 0.3 is 0 Å². The van der Waals surface area contributed by atoms with Gasteiger partial charge in [0.2, 0.25) is 0 Å². The van der Waals surface area contributed by atoms with Crippen LogP contribution in [0, 0.1) is 0 Å². The van der Waals surface area contributed by atoms with Crippen molar-refractivity contribution in [2.75, 3.05) is 0 Å². The molecule has 3 aromatic carbocycles. The van der Waals surface area contributed by atoms with E-state index < -0.39 is 0 Å². The Morgan fingerprint density at radius 3 is 2.42 bits per heavy atom. The fourth-order valence-corrected chi connectivity index (χ4v) is 3.72. The number of fused-ring (bicyclic) bond motifs is 1. The predicted octanol–water partition coefficient (Wildman–Crippen LogP) is 6.02. The van der Waals surface area contributed by atoms with E-state index in [-0.39, 0.29) is 6.04 Å². The summed E-state index contributed by atoms with van der Waals surface area (Å²) in [5.41, 5.74) is 11.8. The average molecular weight is 382 g/mol. The first-order valence-electron chi connectivity index (χ1n) is 8.32. The van der Waals surface area contributed by atoms with E-state index in [1.54, 1.807) is 0 Å². The standard InChI is InChI=1S/C21H17Cl2N3/c1-13(24)14-8-9-20-19(11-14)25-12-26(20)16-5-2-4-15(10-16)21-17(22)6-3-7-18(21)23/h2-13H,24H2,1H3/t13-/m0/s1. The van der Waals surface area contributed by atoms with Gasteiger partial charge in [0.05, 0.1) is 11.0 Å². The van der Waals surface area contributed by atoms with Crippen LogP contribution in [-0.4, -0.2) is 9.55 Å². The zero-order valence-electron chi connectivity index (χ0n) is 14.2. The van der Waals surface area contributed by atoms with Crippen molar-refractivity contribution < 1.29 is 0 Å². The molecule has 1 aromatic heterocycles. The molecular formula is C21H17Cl2N3. The lowest BCUT2D eigenvalue weighted by atomic mass is 10.0. The van der Waals surface area contributed by atoms with Gasteiger partial charge in [-0.1, -0.05) is 47.5 Å². The molecule has 1 atom stereocenters. The number of nitrogens with two attached hydrogens (primary N) is 1. The molecule has 0 unspecified atom stereocenters. The highest BCUT2D eigenvalue weighted by Gasteiger charge is 2.11. The van der Waals surface area contributed by atoms with Crippen LogP contribution in [0.3, 0.4) is 0 Å². The van der Waals surface area contributed by atoms with Crippen LogP contribution >= 0.6 is 23.2 Å². The summed E-state index contributed by atoms with van der Waals surface area (Å²) in [6.07, 6.45) is 1.82. The summed E-state index contributed by atoms with van der Waals surface area (Å²) in [5, 5.41) is 1.26. The first kappa shape index (κ1) is 17.1. The Morgan fingerprint density at radius 1 is 0.962 bits per heavy atom. The van der Waals surface area contributed by atoms with Crippen molar-refractivity contribution in [1.29, 1.82) is 0 Å². The third-order valence-electron chi connectivity index (χ3n) is 4.47. The third kappa shape index (κ3) is 2.99. The van der Waals surface area contributed by atoms with E-state index in [0.29, 0.717) is 10.0 Å². The normalized spacial score (nSPS) is 12.5. The quantitative estimate of drug-likeness (QED) is 0.471. The second kappa shape index (κ2) is 6.76. The topological polar surface area (TPSA) is 43.8 Å². The highest BCUT2D eigenvalue weighted by Crippen LogP contribution is 2.35. The molecule has 0 spiro atoms. The van der Waals surface area contributed by atoms with Crippen LogP contribution in [0.25, 0.3) is 27.8 Å². The van der Waals surface area contributed by atoms with Gasteiger partial charge in [-0.05, 0) is 54.4 Å². The summed E-state index contributed by atoms with van der Waals surface area (Å²) in [5.74, 6) is 0. The van der Waals surface area contributed by atoms with Gasteiger partial charge in [0, 0.05) is 27.3 Å². The number of hydrogen-bond donors (Lipinski definition) is 1. The Morgan fingerprint density at radius 2 is 1.69 bits per heavy atom. The second-order valence-electron chi connectivity index (χ2n) is 6.30. The minimum atomic E-state index is -0.0183. The van der Waals surface area contributed by atoms with Crippen LogP contribution in [0.15, 0.2) is 67.0 Å². The predicted molar refractivity (Wildman–Crippen MR) is 109 cm³/mol. The molecule has 2 N–H and O–H groups in total. The first-order valence-corrected chi connectivity index (χ1v) is 9.07. The molecule has 1 heterocycles. The molecule has 0 aliphatic rings. The largest absolute Gasteiger partial charge is 0.324 e. The highest BCUT2D eigenvalue weighted by molar-refractivity contribution is 6.39. The van der Waals surface area contributed by atoms with Crippen molar-refractivity contribution in [3.8, 4) is 16.8 Å². The van der Waals surface area contributed by atoms with E-state index in [1.165, 1.54) is 0 Å². The molecule has 0 bridgehead atoms. The van der Waals surface area contributed by atoms with E-state index in [2.05, 4.69) is 21.7 Å². The van der Waals surface area contributed by atoms with Gasteiger partial charge in [0.1, 0.15) is 6.33 Å². The van der Waals surface area contributed by atoms with Gasteiger partial charge in [-0.3, -0.25) is 4.57 Å². The molecule has 5 heteroatoms. The van der Waals surface area contributed by atoms with Crippen molar-refractivity contribution in [2.24, 2.45) is 5.73 Å². The monoisotopic (exact) mass is 381 g/mol. The summed E-state index contributed by atoms with van der Waals surface area (Å²) in [4.78, 5) is 4.53. The summed E-state index contributed by atoms with van der Waals surface area (Å²) >= 11 is 12.7. The summed E-state index contributed by atoms with van der Waals surface area (Å²) in [6.45, 7) is 1.97. The number of nitrogens with zero attached hydrogens (tertiary/aromatic N) is 2. The number of halogens is 2. The number of hydrogen-bond acceptors (Lipinski definition) is 2. The molecule has 4 aromatic rings. The molecule has 26 heavy (non-hydrogen) atoms. The van der Waals surface area contributed by atoms with Gasteiger partial charge in [-0.2, -0.15) is 0 Å².